The predicted octanol–water partition coefficient (Wildman–Crippen LogP) is 4.71. The van der Waals surface area contributed by atoms with Crippen LogP contribution >= 0.6 is 38.9 Å². The summed E-state index contributed by atoms with van der Waals surface area (Å²) in [4.78, 5) is 0. The summed E-state index contributed by atoms with van der Waals surface area (Å²) in [6.07, 6.45) is 0. The molecule has 0 aliphatic heterocycles. The zero-order valence-corrected chi connectivity index (χ0v) is 10.3. The molecule has 0 N–H and O–H groups in total. The number of hydrogen-bond acceptors (Lipinski definition) is 1. The van der Waals surface area contributed by atoms with Gasteiger partial charge in [-0.25, -0.2) is 0 Å². The molecule has 0 saturated heterocycles. The van der Waals surface area contributed by atoms with Crippen molar-refractivity contribution in [3.63, 3.8) is 0 Å². The van der Waals surface area contributed by atoms with E-state index in [4.69, 9.17) is 11.6 Å². The van der Waals surface area contributed by atoms with E-state index in [9.17, 15) is 0 Å². The topological polar surface area (TPSA) is 0 Å². The van der Waals surface area contributed by atoms with Crippen molar-refractivity contribution in [2.24, 2.45) is 0 Å². The summed E-state index contributed by atoms with van der Waals surface area (Å²) in [6.45, 7) is 2.13. The molecule has 0 fully saturated rings. The second kappa shape index (κ2) is 3.60. The Morgan fingerprint density at radius 1 is 1.54 bits per heavy atom. The first kappa shape index (κ1) is 9.50. The van der Waals surface area contributed by atoms with Crippen molar-refractivity contribution in [3.8, 4) is 0 Å². The molecule has 1 heterocycles. The SMILES string of the molecule is Cc1c(CCl)cc(Br)c2ccsc12. The van der Waals surface area contributed by atoms with Crippen molar-refractivity contribution in [2.75, 3.05) is 0 Å². The highest BCUT2D eigenvalue weighted by Crippen LogP contribution is 2.33. The lowest BCUT2D eigenvalue weighted by Crippen LogP contribution is -1.85. The minimum atomic E-state index is 0.582. The van der Waals surface area contributed by atoms with E-state index in [1.54, 1.807) is 11.3 Å². The molecule has 0 aliphatic rings. The lowest BCUT2D eigenvalue weighted by Gasteiger charge is -2.04. The van der Waals surface area contributed by atoms with Gasteiger partial charge >= 0.3 is 0 Å². The van der Waals surface area contributed by atoms with Gasteiger partial charge in [0.2, 0.25) is 0 Å². The highest BCUT2D eigenvalue weighted by atomic mass is 79.9. The number of thiophene rings is 1. The second-order valence-electron chi connectivity index (χ2n) is 2.94. The number of benzene rings is 1. The summed E-state index contributed by atoms with van der Waals surface area (Å²) < 4.78 is 2.48. The average molecular weight is 276 g/mol. The Hall–Kier alpha value is -0.0500. The van der Waals surface area contributed by atoms with E-state index in [2.05, 4.69) is 40.4 Å². The highest BCUT2D eigenvalue weighted by molar-refractivity contribution is 9.10. The van der Waals surface area contributed by atoms with E-state index in [1.165, 1.54) is 21.2 Å². The molecule has 0 nitrogen and oxygen atoms in total. The number of fused-ring (bicyclic) bond motifs is 1. The summed E-state index contributed by atoms with van der Waals surface area (Å²) in [5.74, 6) is 0.582. The number of rotatable bonds is 1. The van der Waals surface area contributed by atoms with Gasteiger partial charge in [-0.05, 0) is 35.6 Å². The van der Waals surface area contributed by atoms with E-state index in [1.807, 2.05) is 0 Å². The monoisotopic (exact) mass is 274 g/mol. The molecule has 0 atom stereocenters. The first-order valence-electron chi connectivity index (χ1n) is 3.95. The van der Waals surface area contributed by atoms with E-state index in [0.717, 1.165) is 4.47 Å². The van der Waals surface area contributed by atoms with Crippen LogP contribution in [0, 0.1) is 6.92 Å². The number of hydrogen-bond donors (Lipinski definition) is 0. The smallest absolute Gasteiger partial charge is 0.0477 e. The van der Waals surface area contributed by atoms with Gasteiger partial charge in [0.1, 0.15) is 0 Å². The maximum atomic E-state index is 5.86. The minimum Gasteiger partial charge on any atom is -0.143 e. The fourth-order valence-corrected chi connectivity index (χ4v) is 3.38. The molecular formula is C10H8BrClS. The Labute approximate surface area is 94.7 Å². The summed E-state index contributed by atoms with van der Waals surface area (Å²) in [6, 6.07) is 4.24. The highest BCUT2D eigenvalue weighted by Gasteiger charge is 2.07. The Kier molecular flexibility index (Phi) is 2.63. The summed E-state index contributed by atoms with van der Waals surface area (Å²) in [5.41, 5.74) is 2.52. The van der Waals surface area contributed by atoms with Crippen LogP contribution in [-0.2, 0) is 5.88 Å². The molecular weight excluding hydrogens is 268 g/mol. The van der Waals surface area contributed by atoms with Crippen LogP contribution in [0.4, 0.5) is 0 Å². The molecule has 0 radical (unpaired) electrons. The summed E-state index contributed by atoms with van der Waals surface area (Å²) in [5, 5.41) is 3.40. The van der Waals surface area contributed by atoms with Gasteiger partial charge in [-0.1, -0.05) is 15.9 Å². The maximum Gasteiger partial charge on any atom is 0.0477 e. The van der Waals surface area contributed by atoms with Crippen molar-refractivity contribution in [3.05, 3.63) is 33.1 Å². The third-order valence-electron chi connectivity index (χ3n) is 2.19. The van der Waals surface area contributed by atoms with Gasteiger partial charge in [0, 0.05) is 20.4 Å². The lowest BCUT2D eigenvalue weighted by atomic mass is 10.1. The van der Waals surface area contributed by atoms with E-state index in [0.29, 0.717) is 5.88 Å². The van der Waals surface area contributed by atoms with Crippen molar-refractivity contribution < 1.29 is 0 Å². The zero-order valence-electron chi connectivity index (χ0n) is 7.10. The van der Waals surface area contributed by atoms with Crippen LogP contribution in [0.1, 0.15) is 11.1 Å². The van der Waals surface area contributed by atoms with Crippen molar-refractivity contribution >= 4 is 49.0 Å². The van der Waals surface area contributed by atoms with E-state index in [-0.39, 0.29) is 0 Å². The Bertz CT molecular complexity index is 447. The first-order chi connectivity index (χ1) is 6.24. The molecule has 0 spiro atoms. The fourth-order valence-electron chi connectivity index (χ4n) is 1.41. The number of alkyl halides is 1. The Morgan fingerprint density at radius 2 is 2.31 bits per heavy atom. The Morgan fingerprint density at radius 3 is 3.00 bits per heavy atom. The van der Waals surface area contributed by atoms with Crippen molar-refractivity contribution in [1.29, 1.82) is 0 Å². The number of halogens is 2. The molecule has 2 rings (SSSR count). The van der Waals surface area contributed by atoms with Gasteiger partial charge < -0.3 is 0 Å². The molecule has 2 aromatic rings. The van der Waals surface area contributed by atoms with Gasteiger partial charge in [-0.2, -0.15) is 0 Å². The first-order valence-corrected chi connectivity index (χ1v) is 6.16. The van der Waals surface area contributed by atoms with E-state index >= 15 is 0 Å². The average Bonchev–Trinajstić information content (AvgIpc) is 2.60. The molecule has 3 heteroatoms. The van der Waals surface area contributed by atoms with Gasteiger partial charge in [0.15, 0.2) is 0 Å². The normalized spacial score (nSPS) is 11.0. The summed E-state index contributed by atoms with van der Waals surface area (Å²) in [7, 11) is 0. The molecule has 0 aliphatic carbocycles. The zero-order chi connectivity index (χ0) is 9.42. The summed E-state index contributed by atoms with van der Waals surface area (Å²) >= 11 is 11.2. The van der Waals surface area contributed by atoms with Crippen molar-refractivity contribution in [1.82, 2.24) is 0 Å². The third kappa shape index (κ3) is 1.51. The fraction of sp³-hybridized carbons (Fsp3) is 0.200. The molecule has 1 aromatic heterocycles. The van der Waals surface area contributed by atoms with Gasteiger partial charge in [0.05, 0.1) is 0 Å². The quantitative estimate of drug-likeness (QED) is 0.661. The standard InChI is InChI=1S/C10H8BrClS/c1-6-7(5-12)4-9(11)8-2-3-13-10(6)8/h2-4H,5H2,1H3. The molecule has 13 heavy (non-hydrogen) atoms. The Balaban J connectivity index is 2.85. The molecule has 0 bridgehead atoms. The van der Waals surface area contributed by atoms with Crippen LogP contribution in [0.2, 0.25) is 0 Å². The molecule has 0 saturated carbocycles. The van der Waals surface area contributed by atoms with Crippen molar-refractivity contribution in [2.45, 2.75) is 12.8 Å². The van der Waals surface area contributed by atoms with Crippen LogP contribution in [-0.4, -0.2) is 0 Å². The van der Waals surface area contributed by atoms with Gasteiger partial charge in [-0.3, -0.25) is 0 Å². The third-order valence-corrected chi connectivity index (χ3v) is 4.17. The van der Waals surface area contributed by atoms with Crippen LogP contribution in [0.15, 0.2) is 22.0 Å². The van der Waals surface area contributed by atoms with Crippen LogP contribution < -0.4 is 0 Å². The molecule has 0 unspecified atom stereocenters. The van der Waals surface area contributed by atoms with Crippen LogP contribution in [0.25, 0.3) is 10.1 Å². The lowest BCUT2D eigenvalue weighted by molar-refractivity contribution is 1.33. The predicted molar refractivity (Wildman–Crippen MR) is 63.8 cm³/mol. The molecule has 0 amide bonds. The largest absolute Gasteiger partial charge is 0.143 e. The number of aryl methyl sites for hydroxylation is 1. The van der Waals surface area contributed by atoms with Gasteiger partial charge in [0.25, 0.3) is 0 Å². The maximum absolute atomic E-state index is 5.86. The minimum absolute atomic E-state index is 0.582. The second-order valence-corrected chi connectivity index (χ2v) is 4.98. The van der Waals surface area contributed by atoms with E-state index < -0.39 is 0 Å². The molecule has 1 aromatic carbocycles. The molecule has 68 valence electrons. The van der Waals surface area contributed by atoms with Crippen LogP contribution in [0.5, 0.6) is 0 Å². The van der Waals surface area contributed by atoms with Crippen LogP contribution in [0.3, 0.4) is 0 Å². The van der Waals surface area contributed by atoms with Gasteiger partial charge in [-0.15, -0.1) is 22.9 Å².